The molecule has 1 aromatic carbocycles. The molecule has 0 amide bonds. The van der Waals surface area contributed by atoms with Gasteiger partial charge in [-0.25, -0.2) is 13.1 Å². The second-order valence-electron chi connectivity index (χ2n) is 4.44. The topological polar surface area (TPSA) is 72.2 Å². The van der Waals surface area contributed by atoms with Crippen LogP contribution in [0.1, 0.15) is 18.1 Å². The zero-order valence-electron chi connectivity index (χ0n) is 10.9. The van der Waals surface area contributed by atoms with Gasteiger partial charge in [0.05, 0.1) is 4.90 Å². The molecule has 0 saturated heterocycles. The predicted octanol–water partition coefficient (Wildman–Crippen LogP) is 1.60. The Morgan fingerprint density at radius 3 is 2.39 bits per heavy atom. The third-order valence-corrected chi connectivity index (χ3v) is 4.23. The van der Waals surface area contributed by atoms with Gasteiger partial charge in [-0.15, -0.1) is 12.4 Å². The molecule has 104 valence electrons. The Bertz CT molecular complexity index is 489. The van der Waals surface area contributed by atoms with E-state index in [1.54, 1.807) is 12.1 Å². The standard InChI is InChI=1S/C12H20N2O2S.ClH/c1-9(7-13)8-14-17(15,16)12-5-4-10(2)11(3)6-12;/h4-6,9,14H,7-8,13H2,1-3H3;1H. The van der Waals surface area contributed by atoms with E-state index < -0.39 is 10.0 Å². The fourth-order valence-electron chi connectivity index (χ4n) is 1.30. The molecule has 0 bridgehead atoms. The van der Waals surface area contributed by atoms with Crippen LogP contribution in [0.2, 0.25) is 0 Å². The van der Waals surface area contributed by atoms with Gasteiger partial charge in [0, 0.05) is 6.54 Å². The van der Waals surface area contributed by atoms with Crippen molar-refractivity contribution in [2.24, 2.45) is 11.7 Å². The van der Waals surface area contributed by atoms with Crippen LogP contribution in [0.15, 0.2) is 23.1 Å². The van der Waals surface area contributed by atoms with Gasteiger partial charge in [-0.3, -0.25) is 0 Å². The summed E-state index contributed by atoms with van der Waals surface area (Å²) in [6, 6.07) is 5.12. The Hall–Kier alpha value is -0.620. The van der Waals surface area contributed by atoms with Gasteiger partial charge >= 0.3 is 0 Å². The van der Waals surface area contributed by atoms with Crippen LogP contribution in [0.5, 0.6) is 0 Å². The lowest BCUT2D eigenvalue weighted by Crippen LogP contribution is -2.31. The maximum absolute atomic E-state index is 12.0. The number of sulfonamides is 1. The molecule has 0 fully saturated rings. The minimum absolute atomic E-state index is 0. The third kappa shape index (κ3) is 4.57. The fraction of sp³-hybridized carbons (Fsp3) is 0.500. The lowest BCUT2D eigenvalue weighted by Gasteiger charge is -2.11. The molecule has 1 atom stereocenters. The van der Waals surface area contributed by atoms with Crippen molar-refractivity contribution in [1.29, 1.82) is 0 Å². The van der Waals surface area contributed by atoms with Crippen LogP contribution in [0.4, 0.5) is 0 Å². The molecule has 0 radical (unpaired) electrons. The first-order valence-electron chi connectivity index (χ1n) is 5.64. The number of nitrogens with one attached hydrogen (secondary N) is 1. The molecule has 6 heteroatoms. The van der Waals surface area contributed by atoms with Crippen LogP contribution in [0.3, 0.4) is 0 Å². The van der Waals surface area contributed by atoms with Gasteiger partial charge < -0.3 is 5.73 Å². The van der Waals surface area contributed by atoms with Gasteiger partial charge in [0.1, 0.15) is 0 Å². The summed E-state index contributed by atoms with van der Waals surface area (Å²) in [6.45, 7) is 6.59. The molecule has 0 aliphatic carbocycles. The van der Waals surface area contributed by atoms with Crippen molar-refractivity contribution in [3.8, 4) is 0 Å². The van der Waals surface area contributed by atoms with Gasteiger partial charge in [0.15, 0.2) is 0 Å². The molecule has 1 unspecified atom stereocenters. The molecule has 3 N–H and O–H groups in total. The molecule has 0 heterocycles. The van der Waals surface area contributed by atoms with Crippen molar-refractivity contribution in [2.75, 3.05) is 13.1 Å². The van der Waals surface area contributed by atoms with Crippen LogP contribution in [0, 0.1) is 19.8 Å². The van der Waals surface area contributed by atoms with Crippen LogP contribution < -0.4 is 10.5 Å². The van der Waals surface area contributed by atoms with Crippen LogP contribution >= 0.6 is 12.4 Å². The average Bonchev–Trinajstić information content (AvgIpc) is 2.29. The lowest BCUT2D eigenvalue weighted by molar-refractivity contribution is 0.545. The lowest BCUT2D eigenvalue weighted by atomic mass is 10.1. The average molecular weight is 293 g/mol. The van der Waals surface area contributed by atoms with Crippen molar-refractivity contribution >= 4 is 22.4 Å². The summed E-state index contributed by atoms with van der Waals surface area (Å²) in [5, 5.41) is 0. The summed E-state index contributed by atoms with van der Waals surface area (Å²) < 4.78 is 26.5. The number of rotatable bonds is 5. The first kappa shape index (κ1) is 17.4. The second-order valence-corrected chi connectivity index (χ2v) is 6.21. The van der Waals surface area contributed by atoms with Crippen LogP contribution in [-0.2, 0) is 10.0 Å². The molecule has 0 spiro atoms. The minimum atomic E-state index is -3.41. The zero-order chi connectivity index (χ0) is 13.1. The summed E-state index contributed by atoms with van der Waals surface area (Å²) in [7, 11) is -3.41. The maximum atomic E-state index is 12.0. The summed E-state index contributed by atoms with van der Waals surface area (Å²) >= 11 is 0. The van der Waals surface area contributed by atoms with Crippen molar-refractivity contribution in [3.05, 3.63) is 29.3 Å². The van der Waals surface area contributed by atoms with Crippen molar-refractivity contribution < 1.29 is 8.42 Å². The molecule has 0 aromatic heterocycles. The van der Waals surface area contributed by atoms with Crippen LogP contribution in [0.25, 0.3) is 0 Å². The highest BCUT2D eigenvalue weighted by Gasteiger charge is 2.15. The molecule has 4 nitrogen and oxygen atoms in total. The second kappa shape index (κ2) is 7.09. The van der Waals surface area contributed by atoms with E-state index in [2.05, 4.69) is 4.72 Å². The molecule has 1 rings (SSSR count). The highest BCUT2D eigenvalue weighted by Crippen LogP contribution is 2.14. The Balaban J connectivity index is 0.00000289. The SMILES string of the molecule is Cc1ccc(S(=O)(=O)NCC(C)CN)cc1C.Cl. The van der Waals surface area contributed by atoms with Gasteiger partial charge in [-0.1, -0.05) is 13.0 Å². The first-order chi connectivity index (χ1) is 7.86. The minimum Gasteiger partial charge on any atom is -0.330 e. The molecule has 0 aliphatic rings. The highest BCUT2D eigenvalue weighted by molar-refractivity contribution is 7.89. The van der Waals surface area contributed by atoms with Crippen molar-refractivity contribution in [1.82, 2.24) is 4.72 Å². The molecule has 0 aliphatic heterocycles. The summed E-state index contributed by atoms with van der Waals surface area (Å²) in [4.78, 5) is 0.310. The maximum Gasteiger partial charge on any atom is 0.240 e. The number of halogens is 1. The Kier molecular flexibility index (Phi) is 6.84. The smallest absolute Gasteiger partial charge is 0.240 e. The van der Waals surface area contributed by atoms with Gasteiger partial charge in [-0.05, 0) is 49.6 Å². The highest BCUT2D eigenvalue weighted by atomic mass is 35.5. The molecule has 18 heavy (non-hydrogen) atoms. The predicted molar refractivity (Wildman–Crippen MR) is 76.6 cm³/mol. The summed E-state index contributed by atoms with van der Waals surface area (Å²) in [5.74, 6) is 0.135. The third-order valence-electron chi connectivity index (χ3n) is 2.81. The van der Waals surface area contributed by atoms with E-state index in [1.807, 2.05) is 26.8 Å². The van der Waals surface area contributed by atoms with Crippen molar-refractivity contribution in [2.45, 2.75) is 25.7 Å². The van der Waals surface area contributed by atoms with E-state index >= 15 is 0 Å². The monoisotopic (exact) mass is 292 g/mol. The van der Waals surface area contributed by atoms with E-state index in [0.29, 0.717) is 18.0 Å². The number of benzene rings is 1. The Morgan fingerprint density at radius 1 is 1.28 bits per heavy atom. The molecular weight excluding hydrogens is 272 g/mol. The van der Waals surface area contributed by atoms with E-state index in [0.717, 1.165) is 11.1 Å². The Morgan fingerprint density at radius 2 is 1.89 bits per heavy atom. The number of hydrogen-bond donors (Lipinski definition) is 2. The van der Waals surface area contributed by atoms with Crippen molar-refractivity contribution in [3.63, 3.8) is 0 Å². The molecule has 1 aromatic rings. The van der Waals surface area contributed by atoms with E-state index in [1.165, 1.54) is 0 Å². The largest absolute Gasteiger partial charge is 0.330 e. The summed E-state index contributed by atoms with van der Waals surface area (Å²) in [6.07, 6.45) is 0. The molecular formula is C12H21ClN2O2S. The Labute approximate surface area is 115 Å². The van der Waals surface area contributed by atoms with Gasteiger partial charge in [-0.2, -0.15) is 0 Å². The molecule has 0 saturated carbocycles. The van der Waals surface area contributed by atoms with E-state index in [-0.39, 0.29) is 18.3 Å². The van der Waals surface area contributed by atoms with E-state index in [9.17, 15) is 8.42 Å². The first-order valence-corrected chi connectivity index (χ1v) is 7.12. The summed E-state index contributed by atoms with van der Waals surface area (Å²) in [5.41, 5.74) is 7.50. The number of nitrogens with two attached hydrogens (primary N) is 1. The quantitative estimate of drug-likeness (QED) is 0.866. The van der Waals surface area contributed by atoms with Crippen LogP contribution in [-0.4, -0.2) is 21.5 Å². The normalized spacial score (nSPS) is 12.9. The van der Waals surface area contributed by atoms with Gasteiger partial charge in [0.2, 0.25) is 10.0 Å². The van der Waals surface area contributed by atoms with E-state index in [4.69, 9.17) is 5.73 Å². The van der Waals surface area contributed by atoms with Gasteiger partial charge in [0.25, 0.3) is 0 Å². The zero-order valence-corrected chi connectivity index (χ0v) is 12.6. The fourth-order valence-corrected chi connectivity index (χ4v) is 2.55. The number of aryl methyl sites for hydroxylation is 2. The number of hydrogen-bond acceptors (Lipinski definition) is 3.